The molecule has 4 N–H and O–H groups in total. The van der Waals surface area contributed by atoms with E-state index in [0.717, 1.165) is 4.90 Å². The molecule has 10 heteroatoms. The van der Waals surface area contributed by atoms with Crippen LogP contribution in [-0.2, 0) is 23.9 Å². The fraction of sp³-hybridized carbons (Fsp3) is 0.750. The lowest BCUT2D eigenvalue weighted by molar-refractivity contribution is -0.139. The van der Waals surface area contributed by atoms with Crippen molar-refractivity contribution in [2.75, 3.05) is 46.5 Å². The summed E-state index contributed by atoms with van der Waals surface area (Å²) in [5.41, 5.74) is 0. The van der Waals surface area contributed by atoms with E-state index in [9.17, 15) is 19.2 Å². The largest absolute Gasteiger partial charge is 0.394 e. The van der Waals surface area contributed by atoms with Crippen LogP contribution in [0.5, 0.6) is 0 Å². The van der Waals surface area contributed by atoms with Crippen LogP contribution in [0.1, 0.15) is 26.7 Å². The number of carbonyl (C=O) groups excluding carboxylic acids is 4. The Hall–Kier alpha value is -2.20. The Bertz CT molecular complexity index is 470. The van der Waals surface area contributed by atoms with E-state index in [-0.39, 0.29) is 76.1 Å². The predicted molar refractivity (Wildman–Crippen MR) is 94.1 cm³/mol. The summed E-state index contributed by atoms with van der Waals surface area (Å²) in [5.74, 6) is -1.45. The summed E-state index contributed by atoms with van der Waals surface area (Å²) in [6.45, 7) is 3.45. The highest BCUT2D eigenvalue weighted by molar-refractivity contribution is 5.89. The van der Waals surface area contributed by atoms with Crippen molar-refractivity contribution >= 4 is 23.6 Å². The molecule has 0 fully saturated rings. The SMILES string of the molecule is CNC(=O)CN(CC(=O)NC(C)C)C(=O)CCNC(=O)CCOCCO. The van der Waals surface area contributed by atoms with Crippen molar-refractivity contribution in [1.29, 1.82) is 0 Å². The van der Waals surface area contributed by atoms with Gasteiger partial charge in [0.05, 0.1) is 19.8 Å². The van der Waals surface area contributed by atoms with Crippen LogP contribution < -0.4 is 16.0 Å². The van der Waals surface area contributed by atoms with Crippen molar-refractivity contribution in [3.8, 4) is 0 Å². The number of hydrogen-bond donors (Lipinski definition) is 4. The smallest absolute Gasteiger partial charge is 0.239 e. The molecule has 150 valence electrons. The summed E-state index contributed by atoms with van der Waals surface area (Å²) in [4.78, 5) is 48.4. The minimum atomic E-state index is -0.413. The van der Waals surface area contributed by atoms with E-state index in [1.54, 1.807) is 13.8 Å². The van der Waals surface area contributed by atoms with E-state index >= 15 is 0 Å². The van der Waals surface area contributed by atoms with Crippen molar-refractivity contribution < 1.29 is 29.0 Å². The van der Waals surface area contributed by atoms with Crippen LogP contribution in [0.15, 0.2) is 0 Å². The Labute approximate surface area is 153 Å². The molecule has 0 aromatic rings. The summed E-state index contributed by atoms with van der Waals surface area (Å²) in [6, 6.07) is -0.0770. The average Bonchev–Trinajstić information content (AvgIpc) is 2.57. The molecule has 0 spiro atoms. The first-order valence-corrected chi connectivity index (χ1v) is 8.53. The van der Waals surface area contributed by atoms with Crippen LogP contribution >= 0.6 is 0 Å². The molecule has 26 heavy (non-hydrogen) atoms. The Balaban J connectivity index is 4.37. The molecule has 0 saturated heterocycles. The maximum atomic E-state index is 12.3. The molecule has 4 amide bonds. The van der Waals surface area contributed by atoms with Crippen LogP contribution in [0.3, 0.4) is 0 Å². The van der Waals surface area contributed by atoms with Gasteiger partial charge < -0.3 is 30.7 Å². The number of hydrogen-bond acceptors (Lipinski definition) is 6. The number of carbonyl (C=O) groups is 4. The van der Waals surface area contributed by atoms with Crippen LogP contribution in [0.2, 0.25) is 0 Å². The number of likely N-dealkylation sites (N-methyl/N-ethyl adjacent to an activating group) is 1. The second-order valence-electron chi connectivity index (χ2n) is 5.83. The molecule has 0 aromatic carbocycles. The second-order valence-corrected chi connectivity index (χ2v) is 5.83. The molecule has 0 aromatic heterocycles. The van der Waals surface area contributed by atoms with Crippen molar-refractivity contribution in [2.24, 2.45) is 0 Å². The number of amides is 4. The van der Waals surface area contributed by atoms with Crippen LogP contribution in [-0.4, -0.2) is 86.2 Å². The van der Waals surface area contributed by atoms with Crippen molar-refractivity contribution in [2.45, 2.75) is 32.7 Å². The summed E-state index contributed by atoms with van der Waals surface area (Å²) >= 11 is 0. The molecule has 0 aliphatic heterocycles. The Morgan fingerprint density at radius 3 is 2.23 bits per heavy atom. The number of rotatable bonds is 13. The quantitative estimate of drug-likeness (QED) is 0.275. The molecule has 0 radical (unpaired) electrons. The number of ether oxygens (including phenoxy) is 1. The van der Waals surface area contributed by atoms with E-state index in [1.807, 2.05) is 0 Å². The predicted octanol–water partition coefficient (Wildman–Crippen LogP) is -2.01. The molecule has 0 aliphatic rings. The Kier molecular flexibility index (Phi) is 12.8. The Morgan fingerprint density at radius 1 is 1.00 bits per heavy atom. The third-order valence-corrected chi connectivity index (χ3v) is 3.12. The summed E-state index contributed by atoms with van der Waals surface area (Å²) in [6.07, 6.45) is 0.0854. The van der Waals surface area contributed by atoms with E-state index < -0.39 is 5.91 Å². The van der Waals surface area contributed by atoms with Gasteiger partial charge in [-0.2, -0.15) is 0 Å². The van der Waals surface area contributed by atoms with Gasteiger partial charge in [-0.15, -0.1) is 0 Å². The van der Waals surface area contributed by atoms with Gasteiger partial charge in [0.1, 0.15) is 13.1 Å². The summed E-state index contributed by atoms with van der Waals surface area (Å²) < 4.78 is 4.98. The molecule has 0 bridgehead atoms. The highest BCUT2D eigenvalue weighted by Gasteiger charge is 2.20. The van der Waals surface area contributed by atoms with E-state index in [4.69, 9.17) is 9.84 Å². The lowest BCUT2D eigenvalue weighted by atomic mass is 10.3. The van der Waals surface area contributed by atoms with E-state index in [0.29, 0.717) is 0 Å². The molecular weight excluding hydrogens is 344 g/mol. The van der Waals surface area contributed by atoms with Crippen LogP contribution in [0.4, 0.5) is 0 Å². The third kappa shape index (κ3) is 12.2. The lowest BCUT2D eigenvalue weighted by Crippen LogP contribution is -2.47. The maximum absolute atomic E-state index is 12.3. The maximum Gasteiger partial charge on any atom is 0.239 e. The monoisotopic (exact) mass is 374 g/mol. The first kappa shape index (κ1) is 23.8. The minimum absolute atomic E-state index is 0.0325. The first-order valence-electron chi connectivity index (χ1n) is 8.53. The molecule has 0 rings (SSSR count). The topological polar surface area (TPSA) is 137 Å². The van der Waals surface area contributed by atoms with Gasteiger partial charge >= 0.3 is 0 Å². The van der Waals surface area contributed by atoms with Gasteiger partial charge in [0.15, 0.2) is 0 Å². The van der Waals surface area contributed by atoms with Gasteiger partial charge in [-0.05, 0) is 13.8 Å². The van der Waals surface area contributed by atoms with E-state index in [1.165, 1.54) is 7.05 Å². The molecule has 0 heterocycles. The molecule has 0 aliphatic carbocycles. The average molecular weight is 374 g/mol. The Morgan fingerprint density at radius 2 is 1.65 bits per heavy atom. The highest BCUT2D eigenvalue weighted by Crippen LogP contribution is 1.96. The van der Waals surface area contributed by atoms with Gasteiger partial charge in [0.25, 0.3) is 0 Å². The number of aliphatic hydroxyl groups is 1. The number of nitrogens with zero attached hydrogens (tertiary/aromatic N) is 1. The van der Waals surface area contributed by atoms with Crippen LogP contribution in [0.25, 0.3) is 0 Å². The van der Waals surface area contributed by atoms with Crippen molar-refractivity contribution in [3.63, 3.8) is 0 Å². The zero-order valence-corrected chi connectivity index (χ0v) is 15.7. The van der Waals surface area contributed by atoms with Crippen LogP contribution in [0, 0.1) is 0 Å². The molecule has 10 nitrogen and oxygen atoms in total. The zero-order valence-electron chi connectivity index (χ0n) is 15.7. The fourth-order valence-corrected chi connectivity index (χ4v) is 1.91. The standard InChI is InChI=1S/C16H30N4O6/c1-12(2)19-15(24)11-20(10-14(23)17-3)16(25)4-6-18-13(22)5-8-26-9-7-21/h12,21H,4-11H2,1-3H3,(H,17,23)(H,18,22)(H,19,24). The zero-order chi connectivity index (χ0) is 19.9. The van der Waals surface area contributed by atoms with Crippen molar-refractivity contribution in [1.82, 2.24) is 20.9 Å². The van der Waals surface area contributed by atoms with Crippen molar-refractivity contribution in [3.05, 3.63) is 0 Å². The van der Waals surface area contributed by atoms with E-state index in [2.05, 4.69) is 16.0 Å². The number of nitrogens with one attached hydrogen (secondary N) is 3. The summed E-state index contributed by atoms with van der Waals surface area (Å²) in [5, 5.41) is 16.2. The highest BCUT2D eigenvalue weighted by atomic mass is 16.5. The van der Waals surface area contributed by atoms with Gasteiger partial charge in [0, 0.05) is 32.5 Å². The normalized spacial score (nSPS) is 10.3. The second kappa shape index (κ2) is 14.0. The molecule has 0 unspecified atom stereocenters. The molecule has 0 saturated carbocycles. The summed E-state index contributed by atoms with van der Waals surface area (Å²) in [7, 11) is 1.44. The third-order valence-electron chi connectivity index (χ3n) is 3.12. The van der Waals surface area contributed by atoms with Gasteiger partial charge in [0.2, 0.25) is 23.6 Å². The fourth-order valence-electron chi connectivity index (χ4n) is 1.91. The number of aliphatic hydroxyl groups excluding tert-OH is 1. The molecular formula is C16H30N4O6. The first-order chi connectivity index (χ1) is 12.3. The van der Waals surface area contributed by atoms with Gasteiger partial charge in [-0.25, -0.2) is 0 Å². The van der Waals surface area contributed by atoms with Gasteiger partial charge in [-0.1, -0.05) is 0 Å². The van der Waals surface area contributed by atoms with Gasteiger partial charge in [-0.3, -0.25) is 19.2 Å². The minimum Gasteiger partial charge on any atom is -0.394 e. The lowest BCUT2D eigenvalue weighted by Gasteiger charge is -2.22. The molecule has 0 atom stereocenters.